The number of fused-ring (bicyclic) bond motifs is 1. The number of halogens is 1. The van der Waals surface area contributed by atoms with Crippen molar-refractivity contribution in [1.29, 1.82) is 0 Å². The molecule has 22 heavy (non-hydrogen) atoms. The number of amides is 1. The average Bonchev–Trinajstić information content (AvgIpc) is 2.89. The fourth-order valence-corrected chi connectivity index (χ4v) is 2.53. The number of morpholine rings is 1. The zero-order valence-electron chi connectivity index (χ0n) is 12.2. The largest absolute Gasteiger partial charge is 0.379 e. The van der Waals surface area contributed by atoms with Gasteiger partial charge in [0.05, 0.1) is 13.2 Å². The maximum absolute atomic E-state index is 11.9. The van der Waals surface area contributed by atoms with Gasteiger partial charge in [0.2, 0.25) is 5.91 Å². The van der Waals surface area contributed by atoms with Gasteiger partial charge in [0.25, 0.3) is 0 Å². The highest BCUT2D eigenvalue weighted by atomic mass is 35.5. The molecule has 0 aliphatic carbocycles. The minimum absolute atomic E-state index is 0.0975. The van der Waals surface area contributed by atoms with Crippen LogP contribution in [0, 0.1) is 0 Å². The molecule has 2 heterocycles. The minimum atomic E-state index is -0.0975. The van der Waals surface area contributed by atoms with E-state index in [4.69, 9.17) is 16.3 Å². The number of aromatic nitrogens is 3. The second-order valence-electron chi connectivity index (χ2n) is 5.17. The van der Waals surface area contributed by atoms with Crippen LogP contribution in [0.15, 0.2) is 18.2 Å². The van der Waals surface area contributed by atoms with Crippen LogP contribution >= 0.6 is 11.6 Å². The van der Waals surface area contributed by atoms with Crippen LogP contribution in [0.1, 0.15) is 0 Å². The van der Waals surface area contributed by atoms with Crippen molar-refractivity contribution < 1.29 is 9.53 Å². The van der Waals surface area contributed by atoms with Gasteiger partial charge in [-0.05, 0) is 18.2 Å². The summed E-state index contributed by atoms with van der Waals surface area (Å²) in [6.45, 7) is 4.92. The number of hydrogen-bond donors (Lipinski definition) is 1. The molecule has 118 valence electrons. The Bertz CT molecular complexity index is 654. The number of ether oxygens (including phenoxy) is 1. The van der Waals surface area contributed by atoms with E-state index in [2.05, 4.69) is 20.4 Å². The first-order valence-corrected chi connectivity index (χ1v) is 7.66. The zero-order chi connectivity index (χ0) is 15.4. The number of hydrogen-bond acceptors (Lipinski definition) is 5. The Hall–Kier alpha value is -1.70. The lowest BCUT2D eigenvalue weighted by Gasteiger charge is -2.26. The summed E-state index contributed by atoms with van der Waals surface area (Å²) in [6.07, 6.45) is 0. The van der Waals surface area contributed by atoms with Gasteiger partial charge < -0.3 is 10.1 Å². The second kappa shape index (κ2) is 7.04. The molecule has 0 saturated carbocycles. The molecule has 1 saturated heterocycles. The fraction of sp³-hybridized carbons (Fsp3) is 0.500. The predicted octanol–water partition coefficient (Wildman–Crippen LogP) is 0.533. The van der Waals surface area contributed by atoms with E-state index in [1.54, 1.807) is 18.2 Å². The highest BCUT2D eigenvalue weighted by Gasteiger charge is 2.11. The molecule has 0 spiro atoms. The number of benzene rings is 1. The third-order valence-corrected chi connectivity index (χ3v) is 3.76. The van der Waals surface area contributed by atoms with Crippen molar-refractivity contribution in [2.24, 2.45) is 0 Å². The maximum atomic E-state index is 11.9. The number of nitrogens with one attached hydrogen (secondary N) is 1. The lowest BCUT2D eigenvalue weighted by atomic mass is 10.3. The van der Waals surface area contributed by atoms with Gasteiger partial charge in [-0.15, -0.1) is 0 Å². The third kappa shape index (κ3) is 3.94. The molecule has 1 N–H and O–H groups in total. The summed E-state index contributed by atoms with van der Waals surface area (Å²) >= 11 is 5.91. The Morgan fingerprint density at radius 2 is 2.05 bits per heavy atom. The molecule has 0 radical (unpaired) electrons. The molecular formula is C14H18ClN5O2. The van der Waals surface area contributed by atoms with Crippen LogP contribution in [0.5, 0.6) is 0 Å². The van der Waals surface area contributed by atoms with E-state index >= 15 is 0 Å². The van der Waals surface area contributed by atoms with Gasteiger partial charge in [-0.3, -0.25) is 9.69 Å². The first kappa shape index (κ1) is 15.2. The lowest BCUT2D eigenvalue weighted by Crippen LogP contribution is -2.41. The Labute approximate surface area is 133 Å². The van der Waals surface area contributed by atoms with Crippen molar-refractivity contribution in [2.75, 3.05) is 39.4 Å². The molecular weight excluding hydrogens is 306 g/mol. The molecule has 8 heteroatoms. The normalized spacial score (nSPS) is 16.0. The van der Waals surface area contributed by atoms with Crippen molar-refractivity contribution in [3.63, 3.8) is 0 Å². The number of carbonyl (C=O) groups is 1. The Balaban J connectivity index is 1.47. The standard InChI is InChI=1S/C14H18ClN5O2/c15-11-1-2-12-13(9-11)18-20(17-12)10-14(21)16-3-4-19-5-7-22-8-6-19/h1-2,9H,3-8,10H2,(H,16,21). The van der Waals surface area contributed by atoms with Gasteiger partial charge in [0, 0.05) is 31.2 Å². The first-order valence-electron chi connectivity index (χ1n) is 7.28. The van der Waals surface area contributed by atoms with Gasteiger partial charge in [-0.2, -0.15) is 15.0 Å². The van der Waals surface area contributed by atoms with E-state index in [1.807, 2.05) is 0 Å². The monoisotopic (exact) mass is 323 g/mol. The van der Waals surface area contributed by atoms with Crippen LogP contribution in [-0.4, -0.2) is 65.2 Å². The molecule has 7 nitrogen and oxygen atoms in total. The molecule has 1 aliphatic rings. The second-order valence-corrected chi connectivity index (χ2v) is 5.60. The third-order valence-electron chi connectivity index (χ3n) is 3.52. The van der Waals surface area contributed by atoms with E-state index in [0.29, 0.717) is 17.1 Å². The Kier molecular flexibility index (Phi) is 4.87. The maximum Gasteiger partial charge on any atom is 0.243 e. The molecule has 1 aromatic heterocycles. The highest BCUT2D eigenvalue weighted by Crippen LogP contribution is 2.15. The molecule has 1 aliphatic heterocycles. The van der Waals surface area contributed by atoms with Crippen molar-refractivity contribution in [2.45, 2.75) is 6.54 Å². The molecule has 0 bridgehead atoms. The summed E-state index contributed by atoms with van der Waals surface area (Å²) in [5.74, 6) is -0.0975. The van der Waals surface area contributed by atoms with E-state index < -0.39 is 0 Å². The van der Waals surface area contributed by atoms with Gasteiger partial charge in [0.1, 0.15) is 17.6 Å². The molecule has 3 rings (SSSR count). The summed E-state index contributed by atoms with van der Waals surface area (Å²) in [6, 6.07) is 5.28. The smallest absolute Gasteiger partial charge is 0.243 e. The fourth-order valence-electron chi connectivity index (χ4n) is 2.37. The van der Waals surface area contributed by atoms with E-state index in [-0.39, 0.29) is 12.5 Å². The average molecular weight is 324 g/mol. The molecule has 1 fully saturated rings. The van der Waals surface area contributed by atoms with E-state index in [9.17, 15) is 4.79 Å². The van der Waals surface area contributed by atoms with Crippen molar-refractivity contribution in [1.82, 2.24) is 25.2 Å². The van der Waals surface area contributed by atoms with Crippen LogP contribution in [0.25, 0.3) is 11.0 Å². The first-order chi connectivity index (χ1) is 10.7. The highest BCUT2D eigenvalue weighted by molar-refractivity contribution is 6.31. The molecule has 1 amide bonds. The van der Waals surface area contributed by atoms with Crippen molar-refractivity contribution in [3.8, 4) is 0 Å². The topological polar surface area (TPSA) is 72.3 Å². The lowest BCUT2D eigenvalue weighted by molar-refractivity contribution is -0.122. The molecule has 0 atom stereocenters. The van der Waals surface area contributed by atoms with Crippen molar-refractivity contribution >= 4 is 28.5 Å². The Morgan fingerprint density at radius 3 is 2.86 bits per heavy atom. The van der Waals surface area contributed by atoms with Crippen LogP contribution < -0.4 is 5.32 Å². The van der Waals surface area contributed by atoms with Crippen LogP contribution in [0.3, 0.4) is 0 Å². The van der Waals surface area contributed by atoms with Gasteiger partial charge in [0.15, 0.2) is 0 Å². The van der Waals surface area contributed by atoms with Crippen LogP contribution in [0.2, 0.25) is 5.02 Å². The van der Waals surface area contributed by atoms with Crippen molar-refractivity contribution in [3.05, 3.63) is 23.2 Å². The molecule has 0 unspecified atom stereocenters. The number of nitrogens with zero attached hydrogens (tertiary/aromatic N) is 4. The van der Waals surface area contributed by atoms with Gasteiger partial charge in [-0.1, -0.05) is 11.6 Å². The summed E-state index contributed by atoms with van der Waals surface area (Å²) in [7, 11) is 0. The predicted molar refractivity (Wildman–Crippen MR) is 82.8 cm³/mol. The van der Waals surface area contributed by atoms with Crippen LogP contribution in [0.4, 0.5) is 0 Å². The SMILES string of the molecule is O=C(Cn1nc2ccc(Cl)cc2n1)NCCN1CCOCC1. The number of rotatable bonds is 5. The Morgan fingerprint density at radius 1 is 1.27 bits per heavy atom. The van der Waals surface area contributed by atoms with Crippen LogP contribution in [-0.2, 0) is 16.1 Å². The summed E-state index contributed by atoms with van der Waals surface area (Å²) < 4.78 is 5.29. The van der Waals surface area contributed by atoms with Gasteiger partial charge >= 0.3 is 0 Å². The molecule has 2 aromatic rings. The summed E-state index contributed by atoms with van der Waals surface area (Å²) in [4.78, 5) is 15.6. The molecule has 1 aromatic carbocycles. The summed E-state index contributed by atoms with van der Waals surface area (Å²) in [5, 5.41) is 12.0. The minimum Gasteiger partial charge on any atom is -0.379 e. The van der Waals surface area contributed by atoms with Gasteiger partial charge in [-0.25, -0.2) is 0 Å². The van der Waals surface area contributed by atoms with E-state index in [0.717, 1.165) is 38.4 Å². The summed E-state index contributed by atoms with van der Waals surface area (Å²) in [5.41, 5.74) is 1.42. The zero-order valence-corrected chi connectivity index (χ0v) is 12.9. The number of carbonyl (C=O) groups excluding carboxylic acids is 1. The quantitative estimate of drug-likeness (QED) is 0.869. The van der Waals surface area contributed by atoms with E-state index in [1.165, 1.54) is 4.80 Å².